The maximum Gasteiger partial charge on any atom is 0.321 e. The van der Waals surface area contributed by atoms with Crippen LogP contribution in [-0.2, 0) is 6.54 Å². The number of non-ortho nitro benzene ring substituents is 1. The van der Waals surface area contributed by atoms with Crippen LogP contribution in [0.2, 0.25) is 0 Å². The Morgan fingerprint density at radius 3 is 2.54 bits per heavy atom. The maximum absolute atomic E-state index is 12.4. The molecule has 1 heterocycles. The maximum atomic E-state index is 12.4. The van der Waals surface area contributed by atoms with Crippen molar-refractivity contribution in [3.8, 4) is 0 Å². The summed E-state index contributed by atoms with van der Waals surface area (Å²) in [5.74, 6) is 0. The van der Waals surface area contributed by atoms with Crippen LogP contribution in [0, 0.1) is 17.0 Å². The zero-order valence-electron chi connectivity index (χ0n) is 14.7. The summed E-state index contributed by atoms with van der Waals surface area (Å²) >= 11 is 0. The number of piperazine rings is 1. The van der Waals surface area contributed by atoms with Gasteiger partial charge in [0.15, 0.2) is 0 Å². The van der Waals surface area contributed by atoms with Crippen molar-refractivity contribution in [1.29, 1.82) is 0 Å². The molecule has 1 N–H and O–H groups in total. The first kappa shape index (κ1) is 17.9. The lowest BCUT2D eigenvalue weighted by molar-refractivity contribution is -0.384. The second kappa shape index (κ2) is 7.97. The van der Waals surface area contributed by atoms with E-state index in [0.29, 0.717) is 18.8 Å². The van der Waals surface area contributed by atoms with E-state index >= 15 is 0 Å². The average Bonchev–Trinajstić information content (AvgIpc) is 2.64. The first-order valence-electron chi connectivity index (χ1n) is 8.60. The van der Waals surface area contributed by atoms with Gasteiger partial charge in [-0.2, -0.15) is 0 Å². The molecule has 26 heavy (non-hydrogen) atoms. The molecule has 0 saturated carbocycles. The highest BCUT2D eigenvalue weighted by Crippen LogP contribution is 2.18. The van der Waals surface area contributed by atoms with E-state index in [-0.39, 0.29) is 11.7 Å². The molecule has 7 heteroatoms. The summed E-state index contributed by atoms with van der Waals surface area (Å²) in [6, 6.07) is 14.1. The van der Waals surface area contributed by atoms with Gasteiger partial charge in [0.1, 0.15) is 0 Å². The Balaban J connectivity index is 1.53. The molecule has 2 amide bonds. The van der Waals surface area contributed by atoms with Gasteiger partial charge in [0.05, 0.1) is 4.92 Å². The van der Waals surface area contributed by atoms with Crippen LogP contribution >= 0.6 is 0 Å². The smallest absolute Gasteiger partial charge is 0.321 e. The number of rotatable bonds is 4. The normalized spacial score (nSPS) is 14.9. The number of hydrogen-bond acceptors (Lipinski definition) is 4. The van der Waals surface area contributed by atoms with Crippen molar-refractivity contribution < 1.29 is 9.72 Å². The van der Waals surface area contributed by atoms with Gasteiger partial charge in [0, 0.05) is 50.5 Å². The number of aryl methyl sites for hydroxylation is 1. The molecule has 0 aromatic heterocycles. The van der Waals surface area contributed by atoms with Crippen LogP contribution in [-0.4, -0.2) is 46.9 Å². The third kappa shape index (κ3) is 4.37. The van der Waals surface area contributed by atoms with Gasteiger partial charge in [-0.15, -0.1) is 0 Å². The molecule has 136 valence electrons. The average molecular weight is 354 g/mol. The number of nitrogens with zero attached hydrogens (tertiary/aromatic N) is 3. The third-order valence-electron chi connectivity index (χ3n) is 4.62. The molecule has 1 fully saturated rings. The molecule has 1 aliphatic heterocycles. The number of benzene rings is 2. The van der Waals surface area contributed by atoms with Crippen molar-refractivity contribution >= 4 is 17.4 Å². The molecule has 2 aromatic carbocycles. The van der Waals surface area contributed by atoms with Crippen LogP contribution in [0.15, 0.2) is 48.5 Å². The van der Waals surface area contributed by atoms with E-state index in [0.717, 1.165) is 19.6 Å². The number of hydrogen-bond donors (Lipinski definition) is 1. The van der Waals surface area contributed by atoms with Crippen molar-refractivity contribution in [2.45, 2.75) is 13.5 Å². The molecule has 7 nitrogen and oxygen atoms in total. The van der Waals surface area contributed by atoms with Gasteiger partial charge in [0.25, 0.3) is 5.69 Å². The Hall–Kier alpha value is -2.93. The highest BCUT2D eigenvalue weighted by molar-refractivity contribution is 5.89. The molecular formula is C19H22N4O3. The van der Waals surface area contributed by atoms with Crippen molar-refractivity contribution in [2.75, 3.05) is 31.5 Å². The predicted octanol–water partition coefficient (Wildman–Crippen LogP) is 3.25. The zero-order chi connectivity index (χ0) is 18.5. The number of carbonyl (C=O) groups is 1. The Kier molecular flexibility index (Phi) is 5.48. The molecular weight excluding hydrogens is 332 g/mol. The first-order chi connectivity index (χ1) is 12.5. The number of urea groups is 1. The molecule has 1 aliphatic rings. The highest BCUT2D eigenvalue weighted by atomic mass is 16.6. The van der Waals surface area contributed by atoms with E-state index in [1.165, 1.54) is 23.3 Å². The van der Waals surface area contributed by atoms with Crippen molar-refractivity contribution in [3.63, 3.8) is 0 Å². The van der Waals surface area contributed by atoms with Crippen molar-refractivity contribution in [2.24, 2.45) is 0 Å². The molecule has 2 aromatic rings. The number of anilines is 1. The number of nitro groups is 1. The first-order valence-corrected chi connectivity index (χ1v) is 8.60. The summed E-state index contributed by atoms with van der Waals surface area (Å²) in [6.45, 7) is 5.86. The number of nitrogens with one attached hydrogen (secondary N) is 1. The molecule has 3 rings (SSSR count). The largest absolute Gasteiger partial charge is 0.322 e. The van der Waals surface area contributed by atoms with Gasteiger partial charge >= 0.3 is 6.03 Å². The van der Waals surface area contributed by atoms with Crippen LogP contribution in [0.3, 0.4) is 0 Å². The topological polar surface area (TPSA) is 78.7 Å². The highest BCUT2D eigenvalue weighted by Gasteiger charge is 2.21. The van der Waals surface area contributed by atoms with E-state index < -0.39 is 4.92 Å². The van der Waals surface area contributed by atoms with Gasteiger partial charge in [-0.3, -0.25) is 15.0 Å². The second-order valence-electron chi connectivity index (χ2n) is 6.43. The van der Waals surface area contributed by atoms with Gasteiger partial charge in [0.2, 0.25) is 0 Å². The summed E-state index contributed by atoms with van der Waals surface area (Å²) in [4.78, 5) is 26.8. The lowest BCUT2D eigenvalue weighted by atomic mass is 10.1. The number of carbonyl (C=O) groups excluding carboxylic acids is 1. The summed E-state index contributed by atoms with van der Waals surface area (Å²) < 4.78 is 0. The van der Waals surface area contributed by atoms with Crippen molar-refractivity contribution in [1.82, 2.24) is 9.80 Å². The minimum absolute atomic E-state index is 0.0362. The monoisotopic (exact) mass is 354 g/mol. The molecule has 0 aliphatic carbocycles. The Morgan fingerprint density at radius 1 is 1.12 bits per heavy atom. The zero-order valence-corrected chi connectivity index (χ0v) is 14.7. The summed E-state index contributed by atoms with van der Waals surface area (Å²) in [5.41, 5.74) is 2.98. The lowest BCUT2D eigenvalue weighted by Gasteiger charge is -2.35. The fourth-order valence-corrected chi connectivity index (χ4v) is 3.04. The van der Waals surface area contributed by atoms with Gasteiger partial charge in [-0.25, -0.2) is 4.79 Å². The summed E-state index contributed by atoms with van der Waals surface area (Å²) in [6.07, 6.45) is 0. The van der Waals surface area contributed by atoms with Crippen LogP contribution in [0.1, 0.15) is 11.1 Å². The molecule has 1 saturated heterocycles. The SMILES string of the molecule is Cc1ccccc1CN1CCN(C(=O)Nc2cccc([N+](=O)[O-])c2)CC1. The quantitative estimate of drug-likeness (QED) is 0.675. The molecule has 0 bridgehead atoms. The molecule has 0 atom stereocenters. The predicted molar refractivity (Wildman–Crippen MR) is 100 cm³/mol. The van der Waals surface area contributed by atoms with E-state index in [1.54, 1.807) is 17.0 Å². The number of nitro benzene ring substituents is 1. The van der Waals surface area contributed by atoms with E-state index in [2.05, 4.69) is 29.3 Å². The van der Waals surface area contributed by atoms with Crippen LogP contribution in [0.25, 0.3) is 0 Å². The number of amides is 2. The van der Waals surface area contributed by atoms with Gasteiger partial charge < -0.3 is 10.2 Å². The molecule has 0 radical (unpaired) electrons. The lowest BCUT2D eigenvalue weighted by Crippen LogP contribution is -2.49. The van der Waals surface area contributed by atoms with Crippen molar-refractivity contribution in [3.05, 3.63) is 69.8 Å². The molecule has 0 unspecified atom stereocenters. The fourth-order valence-electron chi connectivity index (χ4n) is 3.04. The van der Waals surface area contributed by atoms with Gasteiger partial charge in [-0.05, 0) is 24.1 Å². The van der Waals surface area contributed by atoms with E-state index in [1.807, 2.05) is 12.1 Å². The van der Waals surface area contributed by atoms with E-state index in [9.17, 15) is 14.9 Å². The summed E-state index contributed by atoms with van der Waals surface area (Å²) in [7, 11) is 0. The molecule has 0 spiro atoms. The minimum Gasteiger partial charge on any atom is -0.322 e. The second-order valence-corrected chi connectivity index (χ2v) is 6.43. The van der Waals surface area contributed by atoms with Crippen LogP contribution in [0.4, 0.5) is 16.2 Å². The van der Waals surface area contributed by atoms with E-state index in [4.69, 9.17) is 0 Å². The third-order valence-corrected chi connectivity index (χ3v) is 4.62. The Morgan fingerprint density at radius 2 is 1.85 bits per heavy atom. The Bertz CT molecular complexity index is 801. The van der Waals surface area contributed by atoms with Crippen LogP contribution in [0.5, 0.6) is 0 Å². The standard InChI is InChI=1S/C19H22N4O3/c1-15-5-2-3-6-16(15)14-21-9-11-22(12-10-21)19(24)20-17-7-4-8-18(13-17)23(25)26/h2-8,13H,9-12,14H2,1H3,(H,20,24). The van der Waals surface area contributed by atoms with Gasteiger partial charge in [-0.1, -0.05) is 30.3 Å². The minimum atomic E-state index is -0.472. The van der Waals surface area contributed by atoms with Crippen LogP contribution < -0.4 is 5.32 Å². The summed E-state index contributed by atoms with van der Waals surface area (Å²) in [5, 5.41) is 13.6. The fraction of sp³-hybridized carbons (Fsp3) is 0.316. The Labute approximate surface area is 152 Å².